The number of hydrogen-bond donors (Lipinski definition) is 1. The number of H-pyrrole nitrogens is 1. The largest absolute Gasteiger partial charge is 0.326 e. The molecular weight excluding hydrogens is 180 g/mol. The molecule has 4 heteroatoms. The number of nitrogens with one attached hydrogen (secondary N) is 1. The third-order valence-electron chi connectivity index (χ3n) is 2.86. The Hall–Kier alpha value is -1.32. The van der Waals surface area contributed by atoms with Crippen LogP contribution in [0, 0.1) is 5.92 Å². The molecule has 1 atom stereocenters. The minimum absolute atomic E-state index is 0.142. The summed E-state index contributed by atoms with van der Waals surface area (Å²) < 4.78 is 1.55. The molecule has 4 nitrogen and oxygen atoms in total. The highest BCUT2D eigenvalue weighted by Gasteiger charge is 2.20. The summed E-state index contributed by atoms with van der Waals surface area (Å²) in [6.07, 6.45) is 3.72. The van der Waals surface area contributed by atoms with Crippen LogP contribution >= 0.6 is 0 Å². The summed E-state index contributed by atoms with van der Waals surface area (Å²) in [4.78, 5) is 24.7. The summed E-state index contributed by atoms with van der Waals surface area (Å²) in [6.45, 7) is 2.35. The van der Waals surface area contributed by atoms with E-state index in [1.54, 1.807) is 4.57 Å². The van der Waals surface area contributed by atoms with Crippen LogP contribution in [0.2, 0.25) is 0 Å². The monoisotopic (exact) mass is 194 g/mol. The number of aldehydes is 1. The van der Waals surface area contributed by atoms with Crippen molar-refractivity contribution in [3.8, 4) is 0 Å². The van der Waals surface area contributed by atoms with Crippen molar-refractivity contribution in [2.75, 3.05) is 0 Å². The van der Waals surface area contributed by atoms with Gasteiger partial charge in [-0.3, -0.25) is 4.57 Å². The van der Waals surface area contributed by atoms with Gasteiger partial charge in [0, 0.05) is 11.4 Å². The first-order valence-electron chi connectivity index (χ1n) is 4.96. The third-order valence-corrected chi connectivity index (χ3v) is 2.86. The van der Waals surface area contributed by atoms with E-state index in [0.717, 1.165) is 36.9 Å². The van der Waals surface area contributed by atoms with E-state index < -0.39 is 0 Å². The van der Waals surface area contributed by atoms with Crippen LogP contribution in [0.3, 0.4) is 0 Å². The molecule has 1 heterocycles. The van der Waals surface area contributed by atoms with E-state index in [-0.39, 0.29) is 12.2 Å². The molecule has 1 N–H and O–H groups in total. The molecule has 14 heavy (non-hydrogen) atoms. The molecule has 2 rings (SSSR count). The lowest BCUT2D eigenvalue weighted by molar-refractivity contribution is -0.108. The number of aryl methyl sites for hydroxylation is 1. The van der Waals surface area contributed by atoms with Crippen LogP contribution in [0.4, 0.5) is 0 Å². The Morgan fingerprint density at radius 1 is 1.64 bits per heavy atom. The van der Waals surface area contributed by atoms with Crippen LogP contribution in [0.15, 0.2) is 4.79 Å². The molecule has 0 aromatic carbocycles. The lowest BCUT2D eigenvalue weighted by Crippen LogP contribution is -2.21. The van der Waals surface area contributed by atoms with Crippen LogP contribution in [0.5, 0.6) is 0 Å². The SMILES string of the molecule is CC1CCc2[nH]c(=O)n(CC=O)c2C1. The van der Waals surface area contributed by atoms with Gasteiger partial charge in [-0.05, 0) is 25.2 Å². The maximum atomic E-state index is 11.5. The minimum Gasteiger partial charge on any atom is -0.310 e. The number of rotatable bonds is 2. The van der Waals surface area contributed by atoms with Crippen molar-refractivity contribution in [3.63, 3.8) is 0 Å². The number of carbonyl (C=O) groups excluding carboxylic acids is 1. The van der Waals surface area contributed by atoms with Gasteiger partial charge in [0.05, 0.1) is 6.54 Å². The molecular formula is C10H14N2O2. The first-order chi connectivity index (χ1) is 6.72. The van der Waals surface area contributed by atoms with E-state index in [4.69, 9.17) is 0 Å². The maximum absolute atomic E-state index is 11.5. The summed E-state index contributed by atoms with van der Waals surface area (Å²) in [5.41, 5.74) is 1.91. The molecule has 0 spiro atoms. The number of carbonyl (C=O) groups is 1. The van der Waals surface area contributed by atoms with E-state index in [1.165, 1.54) is 0 Å². The minimum atomic E-state index is -0.142. The molecule has 0 fully saturated rings. The predicted molar refractivity (Wildman–Crippen MR) is 52.3 cm³/mol. The van der Waals surface area contributed by atoms with Crippen LogP contribution in [0.25, 0.3) is 0 Å². The molecule has 0 radical (unpaired) electrons. The molecule has 1 aromatic rings. The Morgan fingerprint density at radius 3 is 3.14 bits per heavy atom. The van der Waals surface area contributed by atoms with Crippen molar-refractivity contribution < 1.29 is 4.79 Å². The van der Waals surface area contributed by atoms with Crippen molar-refractivity contribution in [1.29, 1.82) is 0 Å². The fraction of sp³-hybridized carbons (Fsp3) is 0.600. The molecule has 0 saturated heterocycles. The normalized spacial score (nSPS) is 20.5. The Balaban J connectivity index is 2.45. The second kappa shape index (κ2) is 3.44. The molecule has 1 aliphatic rings. The van der Waals surface area contributed by atoms with E-state index in [9.17, 15) is 9.59 Å². The van der Waals surface area contributed by atoms with Gasteiger partial charge in [-0.1, -0.05) is 6.92 Å². The fourth-order valence-corrected chi connectivity index (χ4v) is 2.08. The van der Waals surface area contributed by atoms with Gasteiger partial charge in [0.2, 0.25) is 0 Å². The average molecular weight is 194 g/mol. The Morgan fingerprint density at radius 2 is 2.43 bits per heavy atom. The zero-order valence-electron chi connectivity index (χ0n) is 8.25. The molecule has 1 aliphatic carbocycles. The Bertz CT molecular complexity index is 403. The average Bonchev–Trinajstić information content (AvgIpc) is 2.45. The summed E-state index contributed by atoms with van der Waals surface area (Å²) >= 11 is 0. The van der Waals surface area contributed by atoms with Crippen LogP contribution < -0.4 is 5.69 Å². The standard InChI is InChI=1S/C10H14N2O2/c1-7-2-3-8-9(6-7)12(4-5-13)10(14)11-8/h5,7H,2-4,6H2,1H3,(H,11,14). The number of fused-ring (bicyclic) bond motifs is 1. The van der Waals surface area contributed by atoms with Gasteiger partial charge >= 0.3 is 5.69 Å². The van der Waals surface area contributed by atoms with Crippen LogP contribution in [0.1, 0.15) is 24.7 Å². The quantitative estimate of drug-likeness (QED) is 0.697. The molecule has 1 aromatic heterocycles. The van der Waals surface area contributed by atoms with E-state index >= 15 is 0 Å². The van der Waals surface area contributed by atoms with Gasteiger partial charge in [-0.25, -0.2) is 4.79 Å². The fourth-order valence-electron chi connectivity index (χ4n) is 2.08. The summed E-state index contributed by atoms with van der Waals surface area (Å²) in [5.74, 6) is 0.607. The topological polar surface area (TPSA) is 54.9 Å². The van der Waals surface area contributed by atoms with Gasteiger partial charge in [-0.2, -0.15) is 0 Å². The third kappa shape index (κ3) is 1.41. The summed E-state index contributed by atoms with van der Waals surface area (Å²) in [5, 5.41) is 0. The predicted octanol–water partition coefficient (Wildman–Crippen LogP) is 0.500. The lowest BCUT2D eigenvalue weighted by atomic mass is 9.91. The maximum Gasteiger partial charge on any atom is 0.326 e. The van der Waals surface area contributed by atoms with Gasteiger partial charge in [0.25, 0.3) is 0 Å². The lowest BCUT2D eigenvalue weighted by Gasteiger charge is -2.18. The van der Waals surface area contributed by atoms with Gasteiger partial charge in [0.15, 0.2) is 0 Å². The van der Waals surface area contributed by atoms with Gasteiger partial charge < -0.3 is 9.78 Å². The van der Waals surface area contributed by atoms with Gasteiger partial charge in [-0.15, -0.1) is 0 Å². The Kier molecular flexibility index (Phi) is 2.27. The summed E-state index contributed by atoms with van der Waals surface area (Å²) in [7, 11) is 0. The number of nitrogens with zero attached hydrogens (tertiary/aromatic N) is 1. The van der Waals surface area contributed by atoms with Crippen LogP contribution in [-0.2, 0) is 24.2 Å². The number of aromatic amines is 1. The van der Waals surface area contributed by atoms with E-state index in [0.29, 0.717) is 5.92 Å². The Labute approximate surface area is 81.9 Å². The zero-order chi connectivity index (χ0) is 10.1. The first-order valence-corrected chi connectivity index (χ1v) is 4.96. The first kappa shape index (κ1) is 9.24. The molecule has 0 aliphatic heterocycles. The zero-order valence-corrected chi connectivity index (χ0v) is 8.25. The van der Waals surface area contributed by atoms with Crippen molar-refractivity contribution in [1.82, 2.24) is 9.55 Å². The number of aromatic nitrogens is 2. The van der Waals surface area contributed by atoms with Crippen molar-refractivity contribution in [2.24, 2.45) is 5.92 Å². The molecule has 1 unspecified atom stereocenters. The molecule has 0 amide bonds. The van der Waals surface area contributed by atoms with E-state index in [1.807, 2.05) is 0 Å². The van der Waals surface area contributed by atoms with Crippen molar-refractivity contribution >= 4 is 6.29 Å². The molecule has 0 saturated carbocycles. The molecule has 0 bridgehead atoms. The van der Waals surface area contributed by atoms with E-state index in [2.05, 4.69) is 11.9 Å². The molecule has 76 valence electrons. The van der Waals surface area contributed by atoms with Crippen molar-refractivity contribution in [2.45, 2.75) is 32.7 Å². The highest BCUT2D eigenvalue weighted by atomic mass is 16.1. The number of imidazole rings is 1. The second-order valence-corrected chi connectivity index (χ2v) is 3.98. The highest BCUT2D eigenvalue weighted by Crippen LogP contribution is 2.22. The number of hydrogen-bond acceptors (Lipinski definition) is 2. The van der Waals surface area contributed by atoms with Crippen molar-refractivity contribution in [3.05, 3.63) is 21.9 Å². The summed E-state index contributed by atoms with van der Waals surface area (Å²) in [6, 6.07) is 0. The van der Waals surface area contributed by atoms with Gasteiger partial charge in [0.1, 0.15) is 6.29 Å². The highest BCUT2D eigenvalue weighted by molar-refractivity contribution is 5.49. The van der Waals surface area contributed by atoms with Crippen LogP contribution in [-0.4, -0.2) is 15.8 Å². The smallest absolute Gasteiger partial charge is 0.310 e. The second-order valence-electron chi connectivity index (χ2n) is 3.98.